The summed E-state index contributed by atoms with van der Waals surface area (Å²) >= 11 is 0. The van der Waals surface area contributed by atoms with Crippen molar-refractivity contribution in [1.82, 2.24) is 0 Å². The molecule has 0 heterocycles. The Labute approximate surface area is 451 Å². The van der Waals surface area contributed by atoms with Gasteiger partial charge in [-0.3, -0.25) is 14.2 Å². The maximum absolute atomic E-state index is 14.7. The van der Waals surface area contributed by atoms with Crippen LogP contribution in [0.1, 0.15) is 305 Å². The van der Waals surface area contributed by atoms with Gasteiger partial charge in [-0.15, -0.1) is 0 Å². The molecule has 0 saturated heterocycles. The molecule has 1 N–H and O–H groups in total. The Morgan fingerprint density at radius 1 is 0.575 bits per heavy atom. The molecular weight excluding hydrogens is 924 g/mol. The second-order valence-electron chi connectivity index (χ2n) is 25.2. The molecule has 0 bridgehead atoms. The Balaban J connectivity index is 1.25. The van der Waals surface area contributed by atoms with E-state index in [0.29, 0.717) is 42.9 Å². The third-order valence-electron chi connectivity index (χ3n) is 20.0. The lowest BCUT2D eigenvalue weighted by Gasteiger charge is -2.63. The number of allylic oxidation sites excluding steroid dienone is 4. The van der Waals surface area contributed by atoms with Crippen LogP contribution in [0.3, 0.4) is 0 Å². The van der Waals surface area contributed by atoms with Crippen LogP contribution in [0.25, 0.3) is 0 Å². The van der Waals surface area contributed by atoms with Gasteiger partial charge in [-0.05, 0) is 175 Å². The van der Waals surface area contributed by atoms with E-state index in [-0.39, 0.29) is 37.0 Å². The summed E-state index contributed by atoms with van der Waals surface area (Å²) in [5, 5.41) is -0.833. The third-order valence-corrected chi connectivity index (χ3v) is 22.5. The van der Waals surface area contributed by atoms with Crippen LogP contribution in [-0.4, -0.2) is 41.3 Å². The number of hydrogen-bond donors (Lipinski definition) is 1. The molecule has 0 amide bonds. The van der Waals surface area contributed by atoms with E-state index >= 15 is 0 Å². The molecule has 0 aromatic carbocycles. The minimum atomic E-state index is -4.17. The summed E-state index contributed by atoms with van der Waals surface area (Å²) < 4.78 is 32.6. The van der Waals surface area contributed by atoms with Crippen LogP contribution in [0.15, 0.2) is 24.3 Å². The van der Waals surface area contributed by atoms with E-state index in [0.717, 1.165) is 101 Å². The zero-order chi connectivity index (χ0) is 52.8. The van der Waals surface area contributed by atoms with E-state index in [4.69, 9.17) is 14.0 Å². The molecule has 6 unspecified atom stereocenters. The highest BCUT2D eigenvalue weighted by atomic mass is 31.2. The SMILES string of the molecule is CCCCCCCC/C=C\CCCCCCCC(=O)OC[C@H](COP(=O)(O)C1(CC)CC[C@@]2(C)C(CCC3C2CC[C@@]2(C)C3CC[C@@H]2[C@H](C)CCC)C1)OC(=O)CCCCCCC/C=C\CCCCCCCC. The molecule has 4 rings (SSSR count). The molecule has 8 heteroatoms. The van der Waals surface area contributed by atoms with Crippen LogP contribution in [0, 0.1) is 46.3 Å². The number of rotatable bonds is 41. The van der Waals surface area contributed by atoms with Crippen LogP contribution in [0.5, 0.6) is 0 Å². The van der Waals surface area contributed by atoms with Crippen molar-refractivity contribution >= 4 is 19.5 Å². The smallest absolute Gasteiger partial charge is 0.334 e. The van der Waals surface area contributed by atoms with Crippen molar-refractivity contribution in [2.75, 3.05) is 13.2 Å². The topological polar surface area (TPSA) is 99.1 Å². The lowest BCUT2D eigenvalue weighted by Crippen LogP contribution is -2.56. The van der Waals surface area contributed by atoms with E-state index < -0.39 is 18.9 Å². The van der Waals surface area contributed by atoms with Gasteiger partial charge in [0.1, 0.15) is 6.61 Å². The standard InChI is InChI=1S/C65H117O7P/c1-8-12-14-16-18-20-22-24-26-28-30-32-34-36-38-41-61(66)70-52-56(72-62(67)42-39-37-35-33-31-29-27-25-23-21-19-17-15-13-9-2)53-71-73(68,69)65(11-4)50-49-63(6)55(51-65)43-44-57-59-46-45-58(54(5)40-10-3)64(59,7)48-47-60(57)63/h24-27,54-60H,8-23,28-53H2,1-7H3,(H,68,69)/b26-24-,27-25-/t54-,55?,56-,57?,58-,59?,60?,63+,64-,65?/m1/s1. The Bertz CT molecular complexity index is 1610. The summed E-state index contributed by atoms with van der Waals surface area (Å²) in [6, 6.07) is 0. The molecule has 424 valence electrons. The first-order valence-corrected chi connectivity index (χ1v) is 33.5. The lowest BCUT2D eigenvalue weighted by atomic mass is 9.43. The number of hydrogen-bond acceptors (Lipinski definition) is 6. The van der Waals surface area contributed by atoms with Gasteiger partial charge in [-0.2, -0.15) is 0 Å². The quantitative estimate of drug-likeness (QED) is 0.0282. The van der Waals surface area contributed by atoms with Gasteiger partial charge in [-0.1, -0.05) is 188 Å². The number of carbonyl (C=O) groups is 2. The molecule has 11 atom stereocenters. The van der Waals surface area contributed by atoms with Gasteiger partial charge in [0.15, 0.2) is 6.10 Å². The predicted molar refractivity (Wildman–Crippen MR) is 308 cm³/mol. The van der Waals surface area contributed by atoms with Crippen LogP contribution < -0.4 is 0 Å². The minimum absolute atomic E-state index is 0.164. The Morgan fingerprint density at radius 2 is 1.08 bits per heavy atom. The zero-order valence-corrected chi connectivity index (χ0v) is 49.8. The predicted octanol–water partition coefficient (Wildman–Crippen LogP) is 20.0. The van der Waals surface area contributed by atoms with Gasteiger partial charge in [-0.25, -0.2) is 0 Å². The third kappa shape index (κ3) is 20.7. The minimum Gasteiger partial charge on any atom is -0.462 e. The van der Waals surface area contributed by atoms with Crippen molar-refractivity contribution in [1.29, 1.82) is 0 Å². The molecule has 4 saturated carbocycles. The van der Waals surface area contributed by atoms with Gasteiger partial charge in [0.25, 0.3) is 0 Å². The van der Waals surface area contributed by atoms with Gasteiger partial charge in [0.05, 0.1) is 11.8 Å². The molecule has 0 aliphatic heterocycles. The molecule has 0 aromatic rings. The van der Waals surface area contributed by atoms with Crippen LogP contribution in [0.2, 0.25) is 0 Å². The summed E-state index contributed by atoms with van der Waals surface area (Å²) in [5.74, 6) is 3.63. The molecule has 4 fully saturated rings. The fourth-order valence-electron chi connectivity index (χ4n) is 15.4. The van der Waals surface area contributed by atoms with E-state index in [9.17, 15) is 19.0 Å². The summed E-state index contributed by atoms with van der Waals surface area (Å²) in [6.07, 6.45) is 53.2. The highest BCUT2D eigenvalue weighted by Gasteiger charge is 2.63. The molecule has 73 heavy (non-hydrogen) atoms. The highest BCUT2D eigenvalue weighted by molar-refractivity contribution is 7.54. The Hall–Kier alpha value is -1.43. The first-order chi connectivity index (χ1) is 35.3. The van der Waals surface area contributed by atoms with E-state index in [2.05, 4.69) is 72.8 Å². The molecule has 7 nitrogen and oxygen atoms in total. The maximum atomic E-state index is 14.7. The second kappa shape index (κ2) is 35.2. The van der Waals surface area contributed by atoms with E-state index in [1.54, 1.807) is 0 Å². The largest absolute Gasteiger partial charge is 0.462 e. The monoisotopic (exact) mass is 1040 g/mol. The van der Waals surface area contributed by atoms with Crippen molar-refractivity contribution < 1.29 is 33.0 Å². The average molecular weight is 1040 g/mol. The fourth-order valence-corrected chi connectivity index (χ4v) is 17.2. The number of carbonyl (C=O) groups excluding carboxylic acids is 2. The molecular formula is C65H117O7P. The van der Waals surface area contributed by atoms with Gasteiger partial charge >= 0.3 is 19.5 Å². The van der Waals surface area contributed by atoms with Crippen molar-refractivity contribution in [3.8, 4) is 0 Å². The van der Waals surface area contributed by atoms with E-state index in [1.165, 1.54) is 148 Å². The summed E-state index contributed by atoms with van der Waals surface area (Å²) in [4.78, 5) is 38.4. The molecule has 4 aliphatic carbocycles. The van der Waals surface area contributed by atoms with Crippen LogP contribution in [0.4, 0.5) is 0 Å². The first kappa shape index (κ1) is 64.1. The first-order valence-electron chi connectivity index (χ1n) is 31.9. The van der Waals surface area contributed by atoms with Crippen LogP contribution in [-0.2, 0) is 28.2 Å². The van der Waals surface area contributed by atoms with Gasteiger partial charge < -0.3 is 18.9 Å². The summed E-state index contributed by atoms with van der Waals surface area (Å²) in [7, 11) is -4.17. The maximum Gasteiger partial charge on any atom is 0.334 e. The molecule has 0 spiro atoms. The normalized spacial score (nSPS) is 28.6. The lowest BCUT2D eigenvalue weighted by molar-refractivity contribution is -0.161. The van der Waals surface area contributed by atoms with Crippen molar-refractivity contribution in [3.63, 3.8) is 0 Å². The zero-order valence-electron chi connectivity index (χ0n) is 48.9. The van der Waals surface area contributed by atoms with Gasteiger partial charge in [0, 0.05) is 12.8 Å². The summed E-state index contributed by atoms with van der Waals surface area (Å²) in [5.41, 5.74) is 0.633. The highest BCUT2D eigenvalue weighted by Crippen LogP contribution is 2.73. The van der Waals surface area contributed by atoms with Crippen molar-refractivity contribution in [2.45, 2.75) is 317 Å². The van der Waals surface area contributed by atoms with Crippen molar-refractivity contribution in [2.24, 2.45) is 46.3 Å². The Morgan fingerprint density at radius 3 is 1.62 bits per heavy atom. The fraction of sp³-hybridized carbons (Fsp3) is 0.908. The number of fused-ring (bicyclic) bond motifs is 5. The number of unbranched alkanes of at least 4 members (excludes halogenated alkanes) is 22. The molecule has 0 radical (unpaired) electrons. The molecule has 0 aromatic heterocycles. The molecule has 4 aliphatic rings. The summed E-state index contributed by atoms with van der Waals surface area (Å²) in [6.45, 7) is 16.2. The van der Waals surface area contributed by atoms with E-state index in [1.807, 2.05) is 0 Å². The van der Waals surface area contributed by atoms with Crippen LogP contribution >= 0.6 is 7.60 Å². The average Bonchev–Trinajstić information content (AvgIpc) is 3.74. The van der Waals surface area contributed by atoms with Gasteiger partial charge in [0.2, 0.25) is 0 Å². The van der Waals surface area contributed by atoms with Crippen molar-refractivity contribution in [3.05, 3.63) is 24.3 Å². The second-order valence-corrected chi connectivity index (χ2v) is 27.5. The number of esters is 2. The Kier molecular flexibility index (Phi) is 30.9. The number of ether oxygens (including phenoxy) is 2.